The van der Waals surface area contributed by atoms with E-state index < -0.39 is 0 Å². The van der Waals surface area contributed by atoms with E-state index in [1.165, 1.54) is 11.8 Å². The Morgan fingerprint density at radius 1 is 1.12 bits per heavy atom. The van der Waals surface area contributed by atoms with E-state index in [0.29, 0.717) is 23.8 Å². The predicted molar refractivity (Wildman–Crippen MR) is 98.7 cm³/mol. The lowest BCUT2D eigenvalue weighted by Crippen LogP contribution is -2.15. The number of fused-ring (bicyclic) bond motifs is 1. The minimum atomic E-state index is -0.0816. The molecule has 1 amide bonds. The molecule has 0 atom stereocenters. The van der Waals surface area contributed by atoms with Gasteiger partial charge < -0.3 is 10.1 Å². The number of nitrogens with zero attached hydrogens (tertiary/aromatic N) is 1. The second-order valence-electron chi connectivity index (χ2n) is 5.10. The lowest BCUT2D eigenvalue weighted by molar-refractivity contribution is -0.113. The number of ether oxygens (including phenoxy) is 1. The smallest absolute Gasteiger partial charge is 0.234 e. The molecule has 0 aliphatic heterocycles. The van der Waals surface area contributed by atoms with E-state index in [-0.39, 0.29) is 5.91 Å². The average Bonchev–Trinajstić information content (AvgIpc) is 2.62. The summed E-state index contributed by atoms with van der Waals surface area (Å²) < 4.78 is 5.52. The van der Waals surface area contributed by atoms with Crippen LogP contribution in [-0.4, -0.2) is 23.3 Å². The number of carbonyl (C=O) groups excluding carboxylic acids is 1. The summed E-state index contributed by atoms with van der Waals surface area (Å²) in [5, 5.41) is 5.95. The number of aromatic nitrogens is 1. The number of thioether (sulfide) groups is 1. The van der Waals surface area contributed by atoms with Crippen molar-refractivity contribution in [2.75, 3.05) is 17.7 Å². The summed E-state index contributed by atoms with van der Waals surface area (Å²) in [5.74, 6) is 0.894. The van der Waals surface area contributed by atoms with Gasteiger partial charge >= 0.3 is 0 Å². The molecular weight excluding hydrogens is 320 g/mol. The highest BCUT2D eigenvalue weighted by Crippen LogP contribution is 2.27. The summed E-state index contributed by atoms with van der Waals surface area (Å²) in [6.45, 7) is 2.47. The molecule has 24 heavy (non-hydrogen) atoms. The number of rotatable bonds is 6. The minimum Gasteiger partial charge on any atom is -0.492 e. The Labute approximate surface area is 145 Å². The Bertz CT molecular complexity index is 846. The van der Waals surface area contributed by atoms with Gasteiger partial charge in [0, 0.05) is 11.6 Å². The van der Waals surface area contributed by atoms with Gasteiger partial charge in [-0.15, -0.1) is 0 Å². The Morgan fingerprint density at radius 2 is 1.92 bits per heavy atom. The molecule has 0 bridgehead atoms. The maximum Gasteiger partial charge on any atom is 0.234 e. The Kier molecular flexibility index (Phi) is 5.33. The summed E-state index contributed by atoms with van der Waals surface area (Å²) in [5.41, 5.74) is 0.691. The second kappa shape index (κ2) is 7.84. The average molecular weight is 338 g/mol. The van der Waals surface area contributed by atoms with Gasteiger partial charge in [-0.3, -0.25) is 4.79 Å². The monoisotopic (exact) mass is 338 g/mol. The van der Waals surface area contributed by atoms with Crippen LogP contribution in [-0.2, 0) is 4.79 Å². The van der Waals surface area contributed by atoms with E-state index in [1.54, 1.807) is 6.20 Å². The molecule has 1 N–H and O–H groups in total. The molecule has 1 aromatic heterocycles. The topological polar surface area (TPSA) is 51.2 Å². The molecule has 0 saturated carbocycles. The first kappa shape index (κ1) is 16.3. The van der Waals surface area contributed by atoms with Crippen LogP contribution >= 0.6 is 11.8 Å². The summed E-state index contributed by atoms with van der Waals surface area (Å²) >= 11 is 1.43. The molecule has 0 aliphatic rings. The first-order valence-corrected chi connectivity index (χ1v) is 8.74. The van der Waals surface area contributed by atoms with Gasteiger partial charge in [-0.1, -0.05) is 48.2 Å². The number of pyridine rings is 1. The van der Waals surface area contributed by atoms with Crippen LogP contribution in [0.5, 0.6) is 5.75 Å². The van der Waals surface area contributed by atoms with E-state index in [0.717, 1.165) is 15.8 Å². The van der Waals surface area contributed by atoms with Crippen molar-refractivity contribution >= 4 is 34.1 Å². The van der Waals surface area contributed by atoms with Crippen molar-refractivity contribution in [1.82, 2.24) is 4.98 Å². The van der Waals surface area contributed by atoms with Gasteiger partial charge in [0.15, 0.2) is 0 Å². The minimum absolute atomic E-state index is 0.0816. The van der Waals surface area contributed by atoms with Crippen LogP contribution in [0, 0.1) is 0 Å². The third-order valence-electron chi connectivity index (χ3n) is 3.44. The summed E-state index contributed by atoms with van der Waals surface area (Å²) in [7, 11) is 0. The van der Waals surface area contributed by atoms with Crippen LogP contribution in [0.25, 0.3) is 10.8 Å². The molecule has 0 spiro atoms. The number of para-hydroxylation sites is 2. The molecule has 3 aromatic rings. The van der Waals surface area contributed by atoms with Gasteiger partial charge in [0.1, 0.15) is 10.8 Å². The maximum absolute atomic E-state index is 12.3. The number of hydrogen-bond acceptors (Lipinski definition) is 4. The first-order chi connectivity index (χ1) is 11.8. The molecule has 0 aliphatic carbocycles. The molecule has 0 unspecified atom stereocenters. The fraction of sp³-hybridized carbons (Fsp3) is 0.158. The standard InChI is InChI=1S/C19H18N2O2S/c1-2-23-17-10-6-5-9-16(17)21-18(22)13-24-19-15-8-4-3-7-14(15)11-12-20-19/h3-12H,2,13H2,1H3,(H,21,22). The number of nitrogens with one attached hydrogen (secondary N) is 1. The summed E-state index contributed by atoms with van der Waals surface area (Å²) in [6, 6.07) is 17.4. The van der Waals surface area contributed by atoms with Crippen LogP contribution in [0.3, 0.4) is 0 Å². The van der Waals surface area contributed by atoms with Crippen molar-refractivity contribution in [1.29, 1.82) is 0 Å². The van der Waals surface area contributed by atoms with E-state index in [4.69, 9.17) is 4.74 Å². The number of anilines is 1. The summed E-state index contributed by atoms with van der Waals surface area (Å²) in [4.78, 5) is 16.7. The van der Waals surface area contributed by atoms with Gasteiger partial charge in [-0.05, 0) is 30.5 Å². The molecule has 4 nitrogen and oxygen atoms in total. The van der Waals surface area contributed by atoms with E-state index >= 15 is 0 Å². The van der Waals surface area contributed by atoms with E-state index in [2.05, 4.69) is 10.3 Å². The van der Waals surface area contributed by atoms with Crippen molar-refractivity contribution in [2.24, 2.45) is 0 Å². The van der Waals surface area contributed by atoms with Crippen LogP contribution in [0.15, 0.2) is 65.8 Å². The molecule has 0 fully saturated rings. The van der Waals surface area contributed by atoms with Crippen LogP contribution in [0.2, 0.25) is 0 Å². The number of carbonyl (C=O) groups is 1. The highest BCUT2D eigenvalue weighted by molar-refractivity contribution is 8.00. The third kappa shape index (κ3) is 3.86. The largest absolute Gasteiger partial charge is 0.492 e. The molecular formula is C19H18N2O2S. The molecule has 0 saturated heterocycles. The lowest BCUT2D eigenvalue weighted by Gasteiger charge is -2.11. The fourth-order valence-electron chi connectivity index (χ4n) is 2.38. The van der Waals surface area contributed by atoms with Crippen LogP contribution in [0.4, 0.5) is 5.69 Å². The van der Waals surface area contributed by atoms with Gasteiger partial charge in [-0.2, -0.15) is 0 Å². The molecule has 3 rings (SSSR count). The second-order valence-corrected chi connectivity index (χ2v) is 6.07. The predicted octanol–water partition coefficient (Wildman–Crippen LogP) is 4.36. The molecule has 0 radical (unpaired) electrons. The van der Waals surface area contributed by atoms with Crippen LogP contribution < -0.4 is 10.1 Å². The first-order valence-electron chi connectivity index (χ1n) is 7.76. The van der Waals surface area contributed by atoms with Gasteiger partial charge in [0.2, 0.25) is 5.91 Å². The van der Waals surface area contributed by atoms with Gasteiger partial charge in [-0.25, -0.2) is 4.98 Å². The van der Waals surface area contributed by atoms with Crippen molar-refractivity contribution in [3.05, 3.63) is 60.8 Å². The highest BCUT2D eigenvalue weighted by atomic mass is 32.2. The zero-order valence-corrected chi connectivity index (χ0v) is 14.2. The van der Waals surface area contributed by atoms with Crippen molar-refractivity contribution in [2.45, 2.75) is 11.9 Å². The zero-order chi connectivity index (χ0) is 16.8. The van der Waals surface area contributed by atoms with Gasteiger partial charge in [0.05, 0.1) is 18.0 Å². The number of benzene rings is 2. The highest BCUT2D eigenvalue weighted by Gasteiger charge is 2.10. The van der Waals surface area contributed by atoms with Crippen molar-refractivity contribution in [3.8, 4) is 5.75 Å². The quantitative estimate of drug-likeness (QED) is 0.678. The Hall–Kier alpha value is -2.53. The Balaban J connectivity index is 1.67. The number of amides is 1. The van der Waals surface area contributed by atoms with E-state index in [9.17, 15) is 4.79 Å². The lowest BCUT2D eigenvalue weighted by atomic mass is 10.2. The molecule has 122 valence electrons. The normalized spacial score (nSPS) is 10.5. The molecule has 1 heterocycles. The number of hydrogen-bond donors (Lipinski definition) is 1. The van der Waals surface area contributed by atoms with Crippen molar-refractivity contribution < 1.29 is 9.53 Å². The SMILES string of the molecule is CCOc1ccccc1NC(=O)CSc1nccc2ccccc12. The maximum atomic E-state index is 12.3. The fourth-order valence-corrected chi connectivity index (χ4v) is 3.20. The molecule has 5 heteroatoms. The van der Waals surface area contributed by atoms with E-state index in [1.807, 2.05) is 61.5 Å². The zero-order valence-electron chi connectivity index (χ0n) is 13.4. The van der Waals surface area contributed by atoms with Crippen LogP contribution in [0.1, 0.15) is 6.92 Å². The summed E-state index contributed by atoms with van der Waals surface area (Å²) in [6.07, 6.45) is 1.77. The van der Waals surface area contributed by atoms with Crippen molar-refractivity contribution in [3.63, 3.8) is 0 Å². The molecule has 2 aromatic carbocycles. The van der Waals surface area contributed by atoms with Gasteiger partial charge in [0.25, 0.3) is 0 Å². The third-order valence-corrected chi connectivity index (χ3v) is 4.44. The Morgan fingerprint density at radius 3 is 2.79 bits per heavy atom.